The predicted octanol–water partition coefficient (Wildman–Crippen LogP) is 0.684. The summed E-state index contributed by atoms with van der Waals surface area (Å²) < 4.78 is 16.5. The van der Waals surface area contributed by atoms with E-state index in [-0.39, 0.29) is 17.0 Å². The highest BCUT2D eigenvalue weighted by molar-refractivity contribution is 7.60. The van der Waals surface area contributed by atoms with Crippen LogP contribution in [0.5, 0.6) is 0 Å². The Hall–Kier alpha value is -1.69. The van der Waals surface area contributed by atoms with Gasteiger partial charge in [-0.15, -0.1) is 0 Å². The van der Waals surface area contributed by atoms with Crippen molar-refractivity contribution in [3.63, 3.8) is 0 Å². The fraction of sp³-hybridized carbons (Fsp3) is 0.200. The average molecular weight is 269 g/mol. The van der Waals surface area contributed by atoms with Crippen LogP contribution in [0.1, 0.15) is 12.5 Å². The van der Waals surface area contributed by atoms with E-state index in [4.69, 9.17) is 10.2 Å². The van der Waals surface area contributed by atoms with Crippen LogP contribution in [0.2, 0.25) is 0 Å². The number of anilines is 1. The van der Waals surface area contributed by atoms with Gasteiger partial charge in [-0.25, -0.2) is 9.97 Å². The fourth-order valence-corrected chi connectivity index (χ4v) is 2.26. The molecule has 2 aromatic rings. The van der Waals surface area contributed by atoms with Crippen LogP contribution in [0.15, 0.2) is 22.9 Å². The van der Waals surface area contributed by atoms with Crippen molar-refractivity contribution in [1.29, 1.82) is 0 Å². The maximum atomic E-state index is 11.3. The molecule has 18 heavy (non-hydrogen) atoms. The number of hydrogen-bond acceptors (Lipinski definition) is 5. The van der Waals surface area contributed by atoms with E-state index in [9.17, 15) is 14.4 Å². The third-order valence-corrected chi connectivity index (χ3v) is 3.42. The summed E-state index contributed by atoms with van der Waals surface area (Å²) >= 11 is 0. The maximum absolute atomic E-state index is 11.3. The lowest BCUT2D eigenvalue weighted by Gasteiger charge is -2.07. The molecule has 2 rings (SSSR count). The van der Waals surface area contributed by atoms with Gasteiger partial charge in [0.1, 0.15) is 11.0 Å². The zero-order valence-corrected chi connectivity index (χ0v) is 10.5. The van der Waals surface area contributed by atoms with Crippen LogP contribution in [-0.4, -0.2) is 19.8 Å². The molecule has 0 aromatic carbocycles. The van der Waals surface area contributed by atoms with Crippen LogP contribution in [0.25, 0.3) is 11.5 Å². The standard InChI is InChI=1S/C10H12N3O4P/c1-2-6-5-12-10(11)13-8(6)9-7(3-4-17-9)18(14,15)16/h3-5H,2H2,1H3,(H2,11,12,13)(H2,14,15,16). The van der Waals surface area contributed by atoms with Gasteiger partial charge in [-0.3, -0.25) is 4.57 Å². The van der Waals surface area contributed by atoms with E-state index >= 15 is 0 Å². The lowest BCUT2D eigenvalue weighted by molar-refractivity contribution is 0.387. The molecule has 8 heteroatoms. The molecular weight excluding hydrogens is 257 g/mol. The van der Waals surface area contributed by atoms with Crippen molar-refractivity contribution >= 4 is 18.8 Å². The summed E-state index contributed by atoms with van der Waals surface area (Å²) in [5.74, 6) is 0.0598. The van der Waals surface area contributed by atoms with E-state index in [1.807, 2.05) is 6.92 Å². The molecule has 96 valence electrons. The van der Waals surface area contributed by atoms with Crippen LogP contribution in [0.3, 0.4) is 0 Å². The van der Waals surface area contributed by atoms with Gasteiger partial charge in [0.25, 0.3) is 0 Å². The minimum Gasteiger partial charge on any atom is -0.462 e. The molecule has 0 saturated carbocycles. The number of rotatable bonds is 3. The Morgan fingerprint density at radius 1 is 1.50 bits per heavy atom. The summed E-state index contributed by atoms with van der Waals surface area (Å²) in [6.07, 6.45) is 3.32. The van der Waals surface area contributed by atoms with Gasteiger partial charge in [0, 0.05) is 6.20 Å². The number of furan rings is 1. The first-order valence-corrected chi connectivity index (χ1v) is 6.80. The van der Waals surface area contributed by atoms with Crippen LogP contribution in [0, 0.1) is 0 Å². The molecule has 0 saturated heterocycles. The third kappa shape index (κ3) is 2.28. The molecule has 7 nitrogen and oxygen atoms in total. The first-order valence-electron chi connectivity index (χ1n) is 5.19. The van der Waals surface area contributed by atoms with Gasteiger partial charge in [0.2, 0.25) is 5.95 Å². The highest BCUT2D eigenvalue weighted by Gasteiger charge is 2.27. The molecule has 0 fully saturated rings. The largest absolute Gasteiger partial charge is 0.462 e. The van der Waals surface area contributed by atoms with Crippen molar-refractivity contribution in [2.45, 2.75) is 13.3 Å². The second-order valence-corrected chi connectivity index (χ2v) is 5.20. The number of nitrogens with zero attached hydrogens (tertiary/aromatic N) is 2. The van der Waals surface area contributed by atoms with Crippen LogP contribution in [0.4, 0.5) is 5.95 Å². The molecule has 0 amide bonds. The van der Waals surface area contributed by atoms with E-state index < -0.39 is 7.60 Å². The Bertz CT molecular complexity index is 619. The molecule has 0 atom stereocenters. The Morgan fingerprint density at radius 2 is 2.22 bits per heavy atom. The summed E-state index contributed by atoms with van der Waals surface area (Å²) in [6, 6.07) is 1.23. The second kappa shape index (κ2) is 4.53. The Kier molecular flexibility index (Phi) is 3.21. The average Bonchev–Trinajstić information content (AvgIpc) is 2.77. The lowest BCUT2D eigenvalue weighted by Crippen LogP contribution is -2.08. The highest BCUT2D eigenvalue weighted by atomic mass is 31.2. The molecule has 0 radical (unpaired) electrons. The van der Waals surface area contributed by atoms with E-state index in [1.54, 1.807) is 0 Å². The van der Waals surface area contributed by atoms with E-state index in [0.29, 0.717) is 17.7 Å². The molecule has 0 aliphatic heterocycles. The van der Waals surface area contributed by atoms with Crippen molar-refractivity contribution in [3.8, 4) is 11.5 Å². The van der Waals surface area contributed by atoms with Crippen molar-refractivity contribution in [2.24, 2.45) is 0 Å². The zero-order chi connectivity index (χ0) is 13.3. The van der Waals surface area contributed by atoms with E-state index in [2.05, 4.69) is 9.97 Å². The molecule has 4 N–H and O–H groups in total. The third-order valence-electron chi connectivity index (χ3n) is 2.44. The fourth-order valence-electron chi connectivity index (χ4n) is 1.58. The maximum Gasteiger partial charge on any atom is 0.360 e. The van der Waals surface area contributed by atoms with E-state index in [1.165, 1.54) is 18.5 Å². The minimum atomic E-state index is -4.41. The van der Waals surface area contributed by atoms with Crippen LogP contribution in [-0.2, 0) is 11.0 Å². The molecule has 2 aromatic heterocycles. The zero-order valence-electron chi connectivity index (χ0n) is 9.57. The number of aryl methyl sites for hydroxylation is 1. The summed E-state index contributed by atoms with van der Waals surface area (Å²) in [5.41, 5.74) is 6.51. The monoisotopic (exact) mass is 269 g/mol. The Morgan fingerprint density at radius 3 is 2.83 bits per heavy atom. The number of hydrogen-bond donors (Lipinski definition) is 3. The van der Waals surface area contributed by atoms with Crippen molar-refractivity contribution in [3.05, 3.63) is 24.1 Å². The van der Waals surface area contributed by atoms with Crippen molar-refractivity contribution in [1.82, 2.24) is 9.97 Å². The number of aromatic nitrogens is 2. The second-order valence-electron chi connectivity index (χ2n) is 3.63. The summed E-state index contributed by atoms with van der Waals surface area (Å²) in [5, 5.41) is -0.199. The quantitative estimate of drug-likeness (QED) is 0.700. The normalized spacial score (nSPS) is 11.7. The minimum absolute atomic E-state index is 0.0234. The predicted molar refractivity (Wildman–Crippen MR) is 65.2 cm³/mol. The lowest BCUT2D eigenvalue weighted by atomic mass is 10.1. The molecule has 0 unspecified atom stereocenters. The van der Waals surface area contributed by atoms with E-state index in [0.717, 1.165) is 0 Å². The van der Waals surface area contributed by atoms with Gasteiger partial charge in [-0.1, -0.05) is 6.92 Å². The molecular formula is C10H12N3O4P. The topological polar surface area (TPSA) is 122 Å². The molecule has 0 aliphatic rings. The van der Waals surface area contributed by atoms with Crippen LogP contribution < -0.4 is 11.0 Å². The van der Waals surface area contributed by atoms with Gasteiger partial charge >= 0.3 is 7.60 Å². The van der Waals surface area contributed by atoms with Gasteiger partial charge in [-0.05, 0) is 18.1 Å². The van der Waals surface area contributed by atoms with Crippen molar-refractivity contribution < 1.29 is 18.8 Å². The number of nitrogens with two attached hydrogens (primary N) is 1. The molecule has 2 heterocycles. The highest BCUT2D eigenvalue weighted by Crippen LogP contribution is 2.38. The molecule has 0 aliphatic carbocycles. The summed E-state index contributed by atoms with van der Waals surface area (Å²) in [7, 11) is -4.41. The first-order chi connectivity index (χ1) is 8.43. The molecule has 0 bridgehead atoms. The van der Waals surface area contributed by atoms with Crippen LogP contribution >= 0.6 is 7.60 Å². The van der Waals surface area contributed by atoms with Crippen molar-refractivity contribution in [2.75, 3.05) is 5.73 Å². The number of nitrogen functional groups attached to an aromatic ring is 1. The summed E-state index contributed by atoms with van der Waals surface area (Å²) in [4.78, 5) is 26.3. The first kappa shape index (κ1) is 12.8. The smallest absolute Gasteiger partial charge is 0.360 e. The van der Waals surface area contributed by atoms with Gasteiger partial charge in [0.05, 0.1) is 6.26 Å². The van der Waals surface area contributed by atoms with Gasteiger partial charge in [0.15, 0.2) is 5.76 Å². The van der Waals surface area contributed by atoms with Gasteiger partial charge in [-0.2, -0.15) is 0 Å². The SMILES string of the molecule is CCc1cnc(N)nc1-c1occc1P(=O)(O)O. The Labute approximate surface area is 103 Å². The Balaban J connectivity index is 2.66. The molecule has 0 spiro atoms. The van der Waals surface area contributed by atoms with Gasteiger partial charge < -0.3 is 19.9 Å². The summed E-state index contributed by atoms with van der Waals surface area (Å²) in [6.45, 7) is 1.87.